The molecule has 1 aliphatic carbocycles. The Morgan fingerprint density at radius 2 is 1.73 bits per heavy atom. The van der Waals surface area contributed by atoms with Gasteiger partial charge in [-0.05, 0) is 30.9 Å². The maximum atomic E-state index is 13.0. The molecule has 0 unspecified atom stereocenters. The van der Waals surface area contributed by atoms with Gasteiger partial charge in [-0.3, -0.25) is 4.79 Å². The third-order valence-electron chi connectivity index (χ3n) is 4.98. The van der Waals surface area contributed by atoms with Gasteiger partial charge >= 0.3 is 5.97 Å². The third-order valence-corrected chi connectivity index (χ3v) is 4.98. The average molecular weight is 303 g/mol. The van der Waals surface area contributed by atoms with Crippen molar-refractivity contribution in [3.8, 4) is 0 Å². The number of carbonyl (C=O) groups is 2. The standard InChI is InChI=1S/C18H25NO3/c1-18(2,13-9-5-4-6-10-13)17(22)19(3)15-12-8-7-11-14(15)16(20)21/h7-8,11-13H,4-6,9-10H2,1-3H3,(H,20,21). The number of nitrogens with zero attached hydrogens (tertiary/aromatic N) is 1. The molecule has 1 amide bonds. The van der Waals surface area contributed by atoms with Crippen LogP contribution in [0.1, 0.15) is 56.3 Å². The first-order valence-electron chi connectivity index (χ1n) is 7.96. The lowest BCUT2D eigenvalue weighted by Gasteiger charge is -2.38. The number of carboxylic acid groups (broad SMARTS) is 1. The van der Waals surface area contributed by atoms with Crippen molar-refractivity contribution >= 4 is 17.6 Å². The zero-order chi connectivity index (χ0) is 16.3. The number of carboxylic acids is 1. The van der Waals surface area contributed by atoms with Crippen molar-refractivity contribution in [1.82, 2.24) is 0 Å². The van der Waals surface area contributed by atoms with Crippen LogP contribution in [-0.4, -0.2) is 24.0 Å². The summed E-state index contributed by atoms with van der Waals surface area (Å²) in [7, 11) is 1.68. The van der Waals surface area contributed by atoms with Crippen LogP contribution >= 0.6 is 0 Å². The summed E-state index contributed by atoms with van der Waals surface area (Å²) in [5.74, 6) is -0.646. The molecule has 1 aromatic rings. The summed E-state index contributed by atoms with van der Waals surface area (Å²) in [5.41, 5.74) is 0.155. The van der Waals surface area contributed by atoms with Gasteiger partial charge in [0.1, 0.15) is 0 Å². The van der Waals surface area contributed by atoms with Gasteiger partial charge in [-0.2, -0.15) is 0 Å². The van der Waals surface area contributed by atoms with E-state index < -0.39 is 11.4 Å². The van der Waals surface area contributed by atoms with Crippen LogP contribution in [0.25, 0.3) is 0 Å². The van der Waals surface area contributed by atoms with Crippen molar-refractivity contribution in [3.05, 3.63) is 29.8 Å². The van der Waals surface area contributed by atoms with Crippen LogP contribution in [-0.2, 0) is 4.79 Å². The fourth-order valence-electron chi connectivity index (χ4n) is 3.49. The molecule has 0 radical (unpaired) electrons. The Kier molecular flexibility index (Phi) is 4.89. The van der Waals surface area contributed by atoms with Crippen LogP contribution in [0.2, 0.25) is 0 Å². The Bertz CT molecular complexity index is 559. The fourth-order valence-corrected chi connectivity index (χ4v) is 3.49. The molecule has 0 spiro atoms. The molecule has 0 aromatic heterocycles. The van der Waals surface area contributed by atoms with E-state index in [9.17, 15) is 14.7 Å². The summed E-state index contributed by atoms with van der Waals surface area (Å²) in [6, 6.07) is 6.67. The summed E-state index contributed by atoms with van der Waals surface area (Å²) in [6.07, 6.45) is 5.76. The summed E-state index contributed by atoms with van der Waals surface area (Å²) in [5, 5.41) is 9.31. The van der Waals surface area contributed by atoms with Crippen molar-refractivity contribution in [1.29, 1.82) is 0 Å². The molecule has 0 heterocycles. The highest BCUT2D eigenvalue weighted by molar-refractivity contribution is 6.03. The first-order chi connectivity index (χ1) is 10.4. The van der Waals surface area contributed by atoms with Gasteiger partial charge in [0.15, 0.2) is 0 Å². The molecule has 2 rings (SSSR count). The first-order valence-corrected chi connectivity index (χ1v) is 7.96. The second-order valence-corrected chi connectivity index (χ2v) is 6.74. The predicted molar refractivity (Wildman–Crippen MR) is 87.2 cm³/mol. The largest absolute Gasteiger partial charge is 0.478 e. The number of rotatable bonds is 4. The highest BCUT2D eigenvalue weighted by Crippen LogP contribution is 2.40. The summed E-state index contributed by atoms with van der Waals surface area (Å²) >= 11 is 0. The number of amides is 1. The van der Waals surface area contributed by atoms with E-state index in [1.807, 2.05) is 13.8 Å². The highest BCUT2D eigenvalue weighted by atomic mass is 16.4. The third kappa shape index (κ3) is 3.16. The molecule has 1 N–H and O–H groups in total. The number of carbonyl (C=O) groups excluding carboxylic acids is 1. The predicted octanol–water partition coefficient (Wildman–Crippen LogP) is 3.95. The van der Waals surface area contributed by atoms with Gasteiger partial charge in [0.05, 0.1) is 11.3 Å². The maximum absolute atomic E-state index is 13.0. The maximum Gasteiger partial charge on any atom is 0.337 e. The monoisotopic (exact) mass is 303 g/mol. The molecule has 1 saturated carbocycles. The van der Waals surface area contributed by atoms with Crippen LogP contribution in [0.4, 0.5) is 5.69 Å². The zero-order valence-electron chi connectivity index (χ0n) is 13.6. The second-order valence-electron chi connectivity index (χ2n) is 6.74. The molecular formula is C18H25NO3. The summed E-state index contributed by atoms with van der Waals surface area (Å²) < 4.78 is 0. The molecule has 0 saturated heterocycles. The Morgan fingerprint density at radius 1 is 1.14 bits per heavy atom. The van der Waals surface area contributed by atoms with Crippen LogP contribution in [0.5, 0.6) is 0 Å². The molecular weight excluding hydrogens is 278 g/mol. The minimum atomic E-state index is -1.01. The van der Waals surface area contributed by atoms with E-state index in [1.165, 1.54) is 30.2 Å². The molecule has 4 nitrogen and oxygen atoms in total. The summed E-state index contributed by atoms with van der Waals surface area (Å²) in [6.45, 7) is 3.98. The zero-order valence-corrected chi connectivity index (χ0v) is 13.6. The van der Waals surface area contributed by atoms with Crippen LogP contribution in [0, 0.1) is 11.3 Å². The topological polar surface area (TPSA) is 57.6 Å². The number of hydrogen-bond donors (Lipinski definition) is 1. The first kappa shape index (κ1) is 16.5. The second kappa shape index (κ2) is 6.51. The lowest BCUT2D eigenvalue weighted by molar-refractivity contribution is -0.129. The number of hydrogen-bond acceptors (Lipinski definition) is 2. The van der Waals surface area contributed by atoms with Gasteiger partial charge in [0.25, 0.3) is 0 Å². The molecule has 4 heteroatoms. The van der Waals surface area contributed by atoms with Gasteiger partial charge in [0.2, 0.25) is 5.91 Å². The van der Waals surface area contributed by atoms with Crippen LogP contribution < -0.4 is 4.90 Å². The quantitative estimate of drug-likeness (QED) is 0.916. The molecule has 22 heavy (non-hydrogen) atoms. The molecule has 1 fully saturated rings. The number of benzene rings is 1. The molecule has 0 aliphatic heterocycles. The smallest absolute Gasteiger partial charge is 0.337 e. The van der Waals surface area contributed by atoms with Crippen molar-refractivity contribution < 1.29 is 14.7 Å². The lowest BCUT2D eigenvalue weighted by atomic mass is 9.70. The molecule has 120 valence electrons. The van der Waals surface area contributed by atoms with Gasteiger partial charge in [-0.1, -0.05) is 45.2 Å². The Hall–Kier alpha value is -1.84. The molecule has 0 atom stereocenters. The van der Waals surface area contributed by atoms with E-state index in [4.69, 9.17) is 0 Å². The molecule has 0 bridgehead atoms. The Labute approximate surface area is 132 Å². The SMILES string of the molecule is CN(C(=O)C(C)(C)C1CCCCC1)c1ccccc1C(=O)O. The van der Waals surface area contributed by atoms with E-state index in [2.05, 4.69) is 0 Å². The normalized spacial score (nSPS) is 16.3. The van der Waals surface area contributed by atoms with Gasteiger partial charge in [-0.25, -0.2) is 4.79 Å². The van der Waals surface area contributed by atoms with E-state index in [0.717, 1.165) is 12.8 Å². The van der Waals surface area contributed by atoms with Gasteiger partial charge in [-0.15, -0.1) is 0 Å². The number of anilines is 1. The Balaban J connectivity index is 2.26. The number of para-hydroxylation sites is 1. The minimum absolute atomic E-state index is 0.00639. The van der Waals surface area contributed by atoms with Gasteiger partial charge in [0, 0.05) is 12.5 Å². The highest BCUT2D eigenvalue weighted by Gasteiger charge is 2.39. The molecule has 1 aromatic carbocycles. The molecule has 1 aliphatic rings. The van der Waals surface area contributed by atoms with E-state index in [0.29, 0.717) is 11.6 Å². The van der Waals surface area contributed by atoms with Crippen molar-refractivity contribution in [2.24, 2.45) is 11.3 Å². The van der Waals surface area contributed by atoms with Crippen molar-refractivity contribution in [2.45, 2.75) is 46.0 Å². The average Bonchev–Trinajstić information content (AvgIpc) is 2.54. The van der Waals surface area contributed by atoms with Crippen LogP contribution in [0.15, 0.2) is 24.3 Å². The lowest BCUT2D eigenvalue weighted by Crippen LogP contribution is -2.44. The van der Waals surface area contributed by atoms with E-state index in [-0.39, 0.29) is 11.5 Å². The van der Waals surface area contributed by atoms with Gasteiger partial charge < -0.3 is 10.0 Å². The van der Waals surface area contributed by atoms with Crippen molar-refractivity contribution in [2.75, 3.05) is 11.9 Å². The van der Waals surface area contributed by atoms with E-state index >= 15 is 0 Å². The number of aromatic carboxylic acids is 1. The summed E-state index contributed by atoms with van der Waals surface area (Å²) in [4.78, 5) is 25.8. The minimum Gasteiger partial charge on any atom is -0.478 e. The fraction of sp³-hybridized carbons (Fsp3) is 0.556. The Morgan fingerprint density at radius 3 is 2.32 bits per heavy atom. The van der Waals surface area contributed by atoms with Crippen molar-refractivity contribution in [3.63, 3.8) is 0 Å². The van der Waals surface area contributed by atoms with Crippen LogP contribution in [0.3, 0.4) is 0 Å². The van der Waals surface area contributed by atoms with E-state index in [1.54, 1.807) is 25.2 Å².